The van der Waals surface area contributed by atoms with Crippen LogP contribution in [-0.4, -0.2) is 53.5 Å². The number of benzene rings is 2. The van der Waals surface area contributed by atoms with Gasteiger partial charge < -0.3 is 20.1 Å². The molecule has 0 bridgehead atoms. The zero-order valence-corrected chi connectivity index (χ0v) is 19.8. The third-order valence-corrected chi connectivity index (χ3v) is 5.29. The fraction of sp³-hybridized carbons (Fsp3) is 0.346. The van der Waals surface area contributed by atoms with Crippen LogP contribution in [0.25, 0.3) is 0 Å². The van der Waals surface area contributed by atoms with E-state index >= 15 is 0 Å². The molecule has 1 amide bonds. The van der Waals surface area contributed by atoms with Crippen molar-refractivity contribution in [1.82, 2.24) is 25.1 Å². The number of aliphatic imine (C=N–C) groups is 1. The van der Waals surface area contributed by atoms with Crippen molar-refractivity contribution in [3.63, 3.8) is 0 Å². The van der Waals surface area contributed by atoms with Crippen LogP contribution in [-0.2, 0) is 25.9 Å². The number of guanidine groups is 1. The first kappa shape index (κ1) is 24.0. The Morgan fingerprint density at radius 3 is 2.58 bits per heavy atom. The maximum atomic E-state index is 12.2. The van der Waals surface area contributed by atoms with Crippen LogP contribution < -0.4 is 10.6 Å². The molecule has 3 rings (SSSR count). The average molecular weight is 447 g/mol. The van der Waals surface area contributed by atoms with Crippen molar-refractivity contribution in [3.8, 4) is 0 Å². The maximum absolute atomic E-state index is 12.2. The number of aromatic nitrogens is 2. The Morgan fingerprint density at radius 2 is 1.82 bits per heavy atom. The summed E-state index contributed by atoms with van der Waals surface area (Å²) in [6.07, 6.45) is 5.60. The van der Waals surface area contributed by atoms with Gasteiger partial charge in [0.1, 0.15) is 12.4 Å². The molecule has 0 unspecified atom stereocenters. The third kappa shape index (κ3) is 7.49. The summed E-state index contributed by atoms with van der Waals surface area (Å²) in [5.41, 5.74) is 3.13. The van der Waals surface area contributed by atoms with Crippen LogP contribution in [0.3, 0.4) is 0 Å². The molecule has 0 fully saturated rings. The van der Waals surface area contributed by atoms with Crippen molar-refractivity contribution >= 4 is 11.9 Å². The highest BCUT2D eigenvalue weighted by Gasteiger charge is 2.08. The molecule has 1 aromatic heterocycles. The largest absolute Gasteiger partial charge is 0.357 e. The number of hydrogen-bond donors (Lipinski definition) is 2. The van der Waals surface area contributed by atoms with E-state index in [1.807, 2.05) is 49.6 Å². The average Bonchev–Trinajstić information content (AvgIpc) is 3.29. The van der Waals surface area contributed by atoms with Gasteiger partial charge in [0, 0.05) is 51.7 Å². The number of carbonyl (C=O) groups is 1. The SMILES string of the molecule is CCNC(=NCc1nccn1CCc1ccccc1)NCCc1cccc(C(=O)N(C)C)c1. The Balaban J connectivity index is 1.55. The van der Waals surface area contributed by atoms with Crippen molar-refractivity contribution in [1.29, 1.82) is 0 Å². The van der Waals surface area contributed by atoms with E-state index in [0.29, 0.717) is 18.7 Å². The van der Waals surface area contributed by atoms with Gasteiger partial charge >= 0.3 is 0 Å². The summed E-state index contributed by atoms with van der Waals surface area (Å²) >= 11 is 0. The van der Waals surface area contributed by atoms with Crippen LogP contribution >= 0.6 is 0 Å². The molecule has 174 valence electrons. The number of aryl methyl sites for hydroxylation is 2. The van der Waals surface area contributed by atoms with Gasteiger partial charge in [0.15, 0.2) is 5.96 Å². The smallest absolute Gasteiger partial charge is 0.253 e. The van der Waals surface area contributed by atoms with Crippen molar-refractivity contribution in [2.45, 2.75) is 32.9 Å². The number of nitrogens with zero attached hydrogens (tertiary/aromatic N) is 4. The molecule has 0 aliphatic heterocycles. The number of imidazole rings is 1. The van der Waals surface area contributed by atoms with Crippen molar-refractivity contribution in [2.75, 3.05) is 27.2 Å². The van der Waals surface area contributed by atoms with E-state index in [2.05, 4.69) is 44.5 Å². The van der Waals surface area contributed by atoms with Gasteiger partial charge in [-0.05, 0) is 43.0 Å². The van der Waals surface area contributed by atoms with Crippen LogP contribution in [0.5, 0.6) is 0 Å². The summed E-state index contributed by atoms with van der Waals surface area (Å²) in [5.74, 6) is 1.72. The van der Waals surface area contributed by atoms with Crippen LogP contribution in [0.15, 0.2) is 72.0 Å². The fourth-order valence-corrected chi connectivity index (χ4v) is 3.52. The second kappa shape index (κ2) is 12.4. The lowest BCUT2D eigenvalue weighted by Crippen LogP contribution is -2.38. The molecule has 0 radical (unpaired) electrons. The van der Waals surface area contributed by atoms with Crippen molar-refractivity contribution < 1.29 is 4.79 Å². The zero-order chi connectivity index (χ0) is 23.5. The van der Waals surface area contributed by atoms with Crippen molar-refractivity contribution in [2.24, 2.45) is 4.99 Å². The molecule has 1 heterocycles. The van der Waals surface area contributed by atoms with Crippen LogP contribution in [0, 0.1) is 0 Å². The van der Waals surface area contributed by atoms with Gasteiger partial charge in [-0.2, -0.15) is 0 Å². The lowest BCUT2D eigenvalue weighted by atomic mass is 10.1. The predicted molar refractivity (Wildman–Crippen MR) is 133 cm³/mol. The first-order chi connectivity index (χ1) is 16.1. The molecule has 2 N–H and O–H groups in total. The second-order valence-corrected chi connectivity index (χ2v) is 8.04. The van der Waals surface area contributed by atoms with Gasteiger partial charge in [-0.1, -0.05) is 42.5 Å². The summed E-state index contributed by atoms with van der Waals surface area (Å²) in [5, 5.41) is 6.68. The Morgan fingerprint density at radius 1 is 1.03 bits per heavy atom. The minimum Gasteiger partial charge on any atom is -0.357 e. The Kier molecular flexibility index (Phi) is 9.06. The van der Waals surface area contributed by atoms with Gasteiger partial charge in [0.25, 0.3) is 5.91 Å². The van der Waals surface area contributed by atoms with Crippen LogP contribution in [0.4, 0.5) is 0 Å². The van der Waals surface area contributed by atoms with E-state index in [9.17, 15) is 4.79 Å². The first-order valence-corrected chi connectivity index (χ1v) is 11.4. The minimum atomic E-state index is 0.0162. The molecule has 7 heteroatoms. The lowest BCUT2D eigenvalue weighted by molar-refractivity contribution is 0.0827. The molecule has 0 spiro atoms. The fourth-order valence-electron chi connectivity index (χ4n) is 3.52. The van der Waals surface area contributed by atoms with Crippen molar-refractivity contribution in [3.05, 3.63) is 89.5 Å². The summed E-state index contributed by atoms with van der Waals surface area (Å²) in [4.78, 5) is 23.0. The molecule has 33 heavy (non-hydrogen) atoms. The highest BCUT2D eigenvalue weighted by atomic mass is 16.2. The predicted octanol–water partition coefficient (Wildman–Crippen LogP) is 3.13. The van der Waals surface area contributed by atoms with E-state index in [1.54, 1.807) is 19.0 Å². The second-order valence-electron chi connectivity index (χ2n) is 8.04. The maximum Gasteiger partial charge on any atom is 0.253 e. The number of carbonyl (C=O) groups excluding carboxylic acids is 1. The van der Waals surface area contributed by atoms with Crippen LogP contribution in [0.2, 0.25) is 0 Å². The Hall–Kier alpha value is -3.61. The molecular weight excluding hydrogens is 412 g/mol. The van der Waals surface area contributed by atoms with Gasteiger partial charge in [0.05, 0.1) is 0 Å². The normalized spacial score (nSPS) is 11.3. The van der Waals surface area contributed by atoms with Gasteiger partial charge in [0.2, 0.25) is 0 Å². The molecule has 3 aromatic rings. The lowest BCUT2D eigenvalue weighted by Gasteiger charge is -2.13. The Labute approximate surface area is 196 Å². The van der Waals surface area contributed by atoms with E-state index in [1.165, 1.54) is 5.56 Å². The summed E-state index contributed by atoms with van der Waals surface area (Å²) in [6, 6.07) is 18.3. The van der Waals surface area contributed by atoms with E-state index in [-0.39, 0.29) is 5.91 Å². The number of amides is 1. The summed E-state index contributed by atoms with van der Waals surface area (Å²) < 4.78 is 2.16. The van der Waals surface area contributed by atoms with Gasteiger partial charge in [-0.3, -0.25) is 4.79 Å². The summed E-state index contributed by atoms with van der Waals surface area (Å²) in [6.45, 7) is 4.92. The highest BCUT2D eigenvalue weighted by molar-refractivity contribution is 5.94. The number of nitrogens with one attached hydrogen (secondary N) is 2. The van der Waals surface area contributed by atoms with E-state index in [0.717, 1.165) is 43.3 Å². The molecule has 0 aliphatic carbocycles. The minimum absolute atomic E-state index is 0.0162. The first-order valence-electron chi connectivity index (χ1n) is 11.4. The molecule has 0 atom stereocenters. The van der Waals surface area contributed by atoms with Crippen LogP contribution in [0.1, 0.15) is 34.2 Å². The molecule has 0 saturated carbocycles. The van der Waals surface area contributed by atoms with Gasteiger partial charge in [-0.15, -0.1) is 0 Å². The molecule has 2 aromatic carbocycles. The zero-order valence-electron chi connectivity index (χ0n) is 19.8. The quantitative estimate of drug-likeness (QED) is 0.371. The molecule has 7 nitrogen and oxygen atoms in total. The standard InChI is InChI=1S/C26H34N6O/c1-4-27-26(29-15-13-22-11-8-12-23(19-22)25(33)31(2)3)30-20-24-28-16-18-32(24)17-14-21-9-6-5-7-10-21/h5-12,16,18-19H,4,13-15,17,20H2,1-3H3,(H2,27,29,30). The molecule has 0 aliphatic rings. The number of rotatable bonds is 10. The molecular formula is C26H34N6O. The van der Waals surface area contributed by atoms with E-state index in [4.69, 9.17) is 4.99 Å². The monoisotopic (exact) mass is 446 g/mol. The van der Waals surface area contributed by atoms with E-state index < -0.39 is 0 Å². The third-order valence-electron chi connectivity index (χ3n) is 5.29. The van der Waals surface area contributed by atoms with Gasteiger partial charge in [-0.25, -0.2) is 9.98 Å². The Bertz CT molecular complexity index is 1040. The molecule has 0 saturated heterocycles. The number of hydrogen-bond acceptors (Lipinski definition) is 3. The topological polar surface area (TPSA) is 74.5 Å². The highest BCUT2D eigenvalue weighted by Crippen LogP contribution is 2.08. The summed E-state index contributed by atoms with van der Waals surface area (Å²) in [7, 11) is 3.53.